The lowest BCUT2D eigenvalue weighted by Gasteiger charge is -2.37. The molecule has 2 aliphatic rings. The minimum Gasteiger partial charge on any atom is -0.508 e. The molecule has 8 heteroatoms. The smallest absolute Gasteiger partial charge is 0.401 e. The normalized spacial score (nSPS) is 19.5. The fourth-order valence-corrected chi connectivity index (χ4v) is 4.08. The highest BCUT2D eigenvalue weighted by Crippen LogP contribution is 2.33. The van der Waals surface area contributed by atoms with Crippen LogP contribution in [-0.2, 0) is 6.42 Å². The van der Waals surface area contributed by atoms with Gasteiger partial charge in [0.2, 0.25) is 0 Å². The lowest BCUT2D eigenvalue weighted by Crippen LogP contribution is -2.49. The van der Waals surface area contributed by atoms with Crippen molar-refractivity contribution >= 4 is 0 Å². The molecule has 0 aromatic heterocycles. The van der Waals surface area contributed by atoms with E-state index in [9.17, 15) is 22.7 Å². The summed E-state index contributed by atoms with van der Waals surface area (Å²) in [6.07, 6.45) is -3.62. The molecular formula is C24H30F4N2O2. The molecular weight excluding hydrogens is 424 g/mol. The topological polar surface area (TPSA) is 35.9 Å². The maximum atomic E-state index is 12.4. The predicted octanol–water partition coefficient (Wildman–Crippen LogP) is 4.84. The number of hydrogen-bond donors (Lipinski definition) is 1. The molecule has 1 atom stereocenters. The highest BCUT2D eigenvalue weighted by molar-refractivity contribution is 5.38. The van der Waals surface area contributed by atoms with E-state index >= 15 is 0 Å². The number of halogens is 4. The maximum absolute atomic E-state index is 12.4. The summed E-state index contributed by atoms with van der Waals surface area (Å²) in [6.45, 7) is 4.42. The molecule has 2 aromatic rings. The summed E-state index contributed by atoms with van der Waals surface area (Å²) in [6, 6.07) is 14.4. The van der Waals surface area contributed by atoms with E-state index in [0.717, 1.165) is 36.5 Å². The van der Waals surface area contributed by atoms with Crippen LogP contribution >= 0.6 is 0 Å². The molecule has 0 amide bonds. The first-order valence-corrected chi connectivity index (χ1v) is 10.8. The largest absolute Gasteiger partial charge is 0.508 e. The van der Waals surface area contributed by atoms with Gasteiger partial charge in [0.05, 0.1) is 13.2 Å². The number of likely N-dealkylation sites (tertiary alicyclic amines) is 1. The minimum atomic E-state index is -4.16. The standard InChI is InChI=1S/C12H14F3NO.C12H16FNO/c1-8-11-3-2-10(17)6-9(11)4-5-16(8)7-12(13,14)15;13-8-11-9-14(10-11)6-7-15-12-4-2-1-3-5-12/h2-3,6,8,17H,4-5,7H2,1H3;1-5,11H,6-10H2/t8-;/m0./s1. The Labute approximate surface area is 186 Å². The summed E-state index contributed by atoms with van der Waals surface area (Å²) in [4.78, 5) is 3.63. The third-order valence-corrected chi connectivity index (χ3v) is 5.85. The van der Waals surface area contributed by atoms with Gasteiger partial charge in [0.1, 0.15) is 18.1 Å². The molecule has 0 radical (unpaired) electrons. The van der Waals surface area contributed by atoms with E-state index in [4.69, 9.17) is 4.74 Å². The Morgan fingerprint density at radius 3 is 2.47 bits per heavy atom. The third-order valence-electron chi connectivity index (χ3n) is 5.85. The van der Waals surface area contributed by atoms with Crippen LogP contribution in [0.25, 0.3) is 0 Å². The Morgan fingerprint density at radius 2 is 1.81 bits per heavy atom. The summed E-state index contributed by atoms with van der Waals surface area (Å²) in [5, 5.41) is 9.33. The van der Waals surface area contributed by atoms with Crippen molar-refractivity contribution in [2.45, 2.75) is 25.6 Å². The highest BCUT2D eigenvalue weighted by atomic mass is 19.4. The van der Waals surface area contributed by atoms with Crippen molar-refractivity contribution in [2.75, 3.05) is 46.0 Å². The molecule has 32 heavy (non-hydrogen) atoms. The molecule has 0 spiro atoms. The zero-order valence-electron chi connectivity index (χ0n) is 18.2. The number of para-hydroxylation sites is 1. The first-order chi connectivity index (χ1) is 15.2. The molecule has 1 fully saturated rings. The summed E-state index contributed by atoms with van der Waals surface area (Å²) in [5.41, 5.74) is 1.81. The van der Waals surface area contributed by atoms with Crippen molar-refractivity contribution in [3.63, 3.8) is 0 Å². The van der Waals surface area contributed by atoms with Gasteiger partial charge in [0.25, 0.3) is 0 Å². The molecule has 0 aliphatic carbocycles. The fraction of sp³-hybridized carbons (Fsp3) is 0.500. The summed E-state index contributed by atoms with van der Waals surface area (Å²) in [7, 11) is 0. The van der Waals surface area contributed by atoms with E-state index in [-0.39, 0.29) is 24.4 Å². The van der Waals surface area contributed by atoms with Gasteiger partial charge in [-0.1, -0.05) is 24.3 Å². The molecule has 4 rings (SSSR count). The third kappa shape index (κ3) is 7.10. The second kappa shape index (κ2) is 11.0. The van der Waals surface area contributed by atoms with Crippen molar-refractivity contribution in [2.24, 2.45) is 5.92 Å². The summed E-state index contributed by atoms with van der Waals surface area (Å²) < 4.78 is 54.8. The van der Waals surface area contributed by atoms with Gasteiger partial charge in [-0.3, -0.25) is 14.2 Å². The zero-order valence-corrected chi connectivity index (χ0v) is 18.2. The van der Waals surface area contributed by atoms with E-state index in [0.29, 0.717) is 19.6 Å². The van der Waals surface area contributed by atoms with Gasteiger partial charge in [0, 0.05) is 38.1 Å². The number of phenols is 1. The number of aromatic hydroxyl groups is 1. The Bertz CT molecular complexity index is 842. The first-order valence-electron chi connectivity index (χ1n) is 10.8. The number of fused-ring (bicyclic) bond motifs is 1. The number of nitrogens with zero attached hydrogens (tertiary/aromatic N) is 2. The van der Waals surface area contributed by atoms with Gasteiger partial charge < -0.3 is 9.84 Å². The molecule has 176 valence electrons. The van der Waals surface area contributed by atoms with Gasteiger partial charge >= 0.3 is 6.18 Å². The second-order valence-electron chi connectivity index (χ2n) is 8.34. The van der Waals surface area contributed by atoms with Gasteiger partial charge in [-0.05, 0) is 48.7 Å². The lowest BCUT2D eigenvalue weighted by molar-refractivity contribution is -0.151. The number of benzene rings is 2. The summed E-state index contributed by atoms with van der Waals surface area (Å²) in [5.74, 6) is 1.34. The molecule has 1 saturated heterocycles. The van der Waals surface area contributed by atoms with Crippen LogP contribution in [-0.4, -0.2) is 67.1 Å². The van der Waals surface area contributed by atoms with Crippen LogP contribution in [0.4, 0.5) is 17.6 Å². The number of ether oxygens (including phenoxy) is 1. The first kappa shape index (κ1) is 24.3. The van der Waals surface area contributed by atoms with Crippen LogP contribution in [0.2, 0.25) is 0 Å². The monoisotopic (exact) mass is 454 g/mol. The molecule has 1 N–H and O–H groups in total. The SMILES string of the molecule is C[C@H]1c2ccc(O)cc2CCN1CC(F)(F)F.FCC1CN(CCOc2ccccc2)C1. The fourth-order valence-electron chi connectivity index (χ4n) is 4.08. The Hall–Kier alpha value is -2.32. The van der Waals surface area contributed by atoms with E-state index in [1.165, 1.54) is 11.0 Å². The van der Waals surface area contributed by atoms with E-state index < -0.39 is 12.7 Å². The van der Waals surface area contributed by atoms with Crippen molar-refractivity contribution in [1.82, 2.24) is 9.80 Å². The van der Waals surface area contributed by atoms with Crippen LogP contribution < -0.4 is 4.74 Å². The lowest BCUT2D eigenvalue weighted by atomic mass is 9.93. The van der Waals surface area contributed by atoms with Gasteiger partial charge in [-0.2, -0.15) is 13.2 Å². The molecule has 2 aromatic carbocycles. The molecule has 0 bridgehead atoms. The number of alkyl halides is 4. The average molecular weight is 455 g/mol. The number of rotatable bonds is 6. The van der Waals surface area contributed by atoms with Crippen molar-refractivity contribution in [3.05, 3.63) is 59.7 Å². The summed E-state index contributed by atoms with van der Waals surface area (Å²) >= 11 is 0. The number of phenolic OH excluding ortho intramolecular Hbond substituents is 1. The molecule has 4 nitrogen and oxygen atoms in total. The predicted molar refractivity (Wildman–Crippen MR) is 116 cm³/mol. The second-order valence-corrected chi connectivity index (χ2v) is 8.34. The maximum Gasteiger partial charge on any atom is 0.401 e. The van der Waals surface area contributed by atoms with Crippen molar-refractivity contribution in [1.29, 1.82) is 0 Å². The molecule has 0 unspecified atom stereocenters. The van der Waals surface area contributed by atoms with Crippen LogP contribution in [0.15, 0.2) is 48.5 Å². The Morgan fingerprint density at radius 1 is 1.09 bits per heavy atom. The van der Waals surface area contributed by atoms with E-state index in [1.807, 2.05) is 30.3 Å². The quantitative estimate of drug-likeness (QED) is 0.634. The van der Waals surface area contributed by atoms with Crippen molar-refractivity contribution < 1.29 is 27.4 Å². The van der Waals surface area contributed by atoms with E-state index in [2.05, 4.69) is 4.90 Å². The molecule has 0 saturated carbocycles. The van der Waals surface area contributed by atoms with Crippen molar-refractivity contribution in [3.8, 4) is 11.5 Å². The number of hydrogen-bond acceptors (Lipinski definition) is 4. The van der Waals surface area contributed by atoms with Crippen LogP contribution in [0.3, 0.4) is 0 Å². The Balaban J connectivity index is 0.000000182. The molecule has 2 aliphatic heterocycles. The zero-order chi connectivity index (χ0) is 23.1. The Kier molecular flexibility index (Phi) is 8.37. The van der Waals surface area contributed by atoms with Crippen LogP contribution in [0, 0.1) is 5.92 Å². The average Bonchev–Trinajstić information content (AvgIpc) is 2.72. The van der Waals surface area contributed by atoms with Gasteiger partial charge in [-0.15, -0.1) is 0 Å². The van der Waals surface area contributed by atoms with Crippen LogP contribution in [0.5, 0.6) is 11.5 Å². The minimum absolute atomic E-state index is 0.167. The van der Waals surface area contributed by atoms with Gasteiger partial charge in [0.15, 0.2) is 0 Å². The van der Waals surface area contributed by atoms with Crippen LogP contribution in [0.1, 0.15) is 24.1 Å². The molecule has 2 heterocycles. The van der Waals surface area contributed by atoms with E-state index in [1.54, 1.807) is 19.1 Å². The highest BCUT2D eigenvalue weighted by Gasteiger charge is 2.35. The van der Waals surface area contributed by atoms with Gasteiger partial charge in [-0.25, -0.2) is 0 Å².